The molecule has 2 fully saturated rings. The fourth-order valence-electron chi connectivity index (χ4n) is 2.32. The van der Waals surface area contributed by atoms with Crippen molar-refractivity contribution in [2.75, 3.05) is 7.11 Å². The van der Waals surface area contributed by atoms with Crippen molar-refractivity contribution in [3.63, 3.8) is 0 Å². The lowest BCUT2D eigenvalue weighted by Gasteiger charge is -2.46. The quantitative estimate of drug-likeness (QED) is 0.574. The molecule has 5 atom stereocenters. The summed E-state index contributed by atoms with van der Waals surface area (Å²) in [5.41, 5.74) is -1.27. The SMILES string of the molecule is CO[C@@H]1OC(C)[C@H](O)C(O)C12CCC(=O)O2. The Balaban J connectivity index is 2.29. The van der Waals surface area contributed by atoms with E-state index in [2.05, 4.69) is 0 Å². The van der Waals surface area contributed by atoms with Crippen LogP contribution in [0.3, 0.4) is 0 Å². The molecule has 0 aromatic heterocycles. The van der Waals surface area contributed by atoms with Gasteiger partial charge in [-0.3, -0.25) is 4.79 Å². The van der Waals surface area contributed by atoms with E-state index in [0.717, 1.165) is 0 Å². The lowest BCUT2D eigenvalue weighted by Crippen LogP contribution is -2.65. The van der Waals surface area contributed by atoms with Crippen LogP contribution in [-0.2, 0) is 19.0 Å². The van der Waals surface area contributed by atoms with E-state index >= 15 is 0 Å². The molecule has 0 aromatic rings. The van der Waals surface area contributed by atoms with Gasteiger partial charge in [-0.25, -0.2) is 0 Å². The van der Waals surface area contributed by atoms with Crippen molar-refractivity contribution in [2.24, 2.45) is 0 Å². The zero-order chi connectivity index (χ0) is 11.9. The van der Waals surface area contributed by atoms with Crippen molar-refractivity contribution in [3.8, 4) is 0 Å². The number of aliphatic hydroxyl groups excluding tert-OH is 2. The molecule has 2 heterocycles. The number of ether oxygens (including phenoxy) is 3. The highest BCUT2D eigenvalue weighted by Gasteiger charge is 2.60. The van der Waals surface area contributed by atoms with E-state index in [9.17, 15) is 15.0 Å². The molecule has 0 aromatic carbocycles. The van der Waals surface area contributed by atoms with Crippen LogP contribution in [-0.4, -0.2) is 53.5 Å². The molecule has 2 N–H and O–H groups in total. The van der Waals surface area contributed by atoms with Crippen molar-refractivity contribution in [1.29, 1.82) is 0 Å². The summed E-state index contributed by atoms with van der Waals surface area (Å²) in [5, 5.41) is 19.8. The Morgan fingerprint density at radius 1 is 1.50 bits per heavy atom. The average molecular weight is 232 g/mol. The summed E-state index contributed by atoms with van der Waals surface area (Å²) < 4.78 is 15.6. The number of rotatable bonds is 1. The Kier molecular flexibility index (Phi) is 2.91. The second-order valence-electron chi connectivity index (χ2n) is 4.27. The van der Waals surface area contributed by atoms with Gasteiger partial charge in [-0.05, 0) is 6.92 Å². The summed E-state index contributed by atoms with van der Waals surface area (Å²) in [5.74, 6) is -0.411. The summed E-state index contributed by atoms with van der Waals surface area (Å²) in [7, 11) is 1.41. The van der Waals surface area contributed by atoms with E-state index in [1.165, 1.54) is 7.11 Å². The van der Waals surface area contributed by atoms with E-state index in [0.29, 0.717) is 0 Å². The molecule has 0 aliphatic carbocycles. The number of aliphatic hydroxyl groups is 2. The molecule has 6 heteroatoms. The molecule has 0 amide bonds. The predicted octanol–water partition coefficient (Wildman–Crippen LogP) is -0.825. The molecular formula is C10H16O6. The Labute approximate surface area is 93.1 Å². The second-order valence-corrected chi connectivity index (χ2v) is 4.27. The number of carbonyl (C=O) groups excluding carboxylic acids is 1. The van der Waals surface area contributed by atoms with Crippen LogP contribution in [0.5, 0.6) is 0 Å². The van der Waals surface area contributed by atoms with E-state index in [4.69, 9.17) is 14.2 Å². The van der Waals surface area contributed by atoms with Crippen molar-refractivity contribution < 1.29 is 29.2 Å². The third-order valence-corrected chi connectivity index (χ3v) is 3.28. The summed E-state index contributed by atoms with van der Waals surface area (Å²) in [4.78, 5) is 11.2. The molecular weight excluding hydrogens is 216 g/mol. The maximum Gasteiger partial charge on any atom is 0.306 e. The van der Waals surface area contributed by atoms with Crippen molar-refractivity contribution in [3.05, 3.63) is 0 Å². The zero-order valence-electron chi connectivity index (χ0n) is 9.25. The standard InChI is InChI=1S/C10H16O6/c1-5-7(12)8(13)10(9(14-2)15-5)4-3-6(11)16-10/h5,7-9,12-13H,3-4H2,1-2H3/t5?,7-,8?,9+,10?/m0/s1. The normalized spacial score (nSPS) is 48.4. The maximum absolute atomic E-state index is 11.2. The minimum atomic E-state index is -1.27. The molecule has 6 nitrogen and oxygen atoms in total. The van der Waals surface area contributed by atoms with E-state index in [1.54, 1.807) is 6.92 Å². The van der Waals surface area contributed by atoms with Crippen molar-refractivity contribution in [2.45, 2.75) is 50.0 Å². The highest BCUT2D eigenvalue weighted by molar-refractivity contribution is 5.72. The Morgan fingerprint density at radius 3 is 2.69 bits per heavy atom. The molecule has 2 saturated heterocycles. The Bertz CT molecular complexity index is 289. The summed E-state index contributed by atoms with van der Waals surface area (Å²) in [6.45, 7) is 1.63. The van der Waals surface area contributed by atoms with Gasteiger partial charge in [0.25, 0.3) is 0 Å². The van der Waals surface area contributed by atoms with Crippen LogP contribution in [0.15, 0.2) is 0 Å². The fraction of sp³-hybridized carbons (Fsp3) is 0.900. The van der Waals surface area contributed by atoms with Crippen LogP contribution in [0.25, 0.3) is 0 Å². The molecule has 1 spiro atoms. The topological polar surface area (TPSA) is 85.2 Å². The van der Waals surface area contributed by atoms with Gasteiger partial charge in [-0.15, -0.1) is 0 Å². The molecule has 0 saturated carbocycles. The lowest BCUT2D eigenvalue weighted by molar-refractivity contribution is -0.324. The van der Waals surface area contributed by atoms with Crippen LogP contribution in [0.1, 0.15) is 19.8 Å². The van der Waals surface area contributed by atoms with Crippen molar-refractivity contribution >= 4 is 5.97 Å². The number of hydrogen-bond acceptors (Lipinski definition) is 6. The molecule has 0 bridgehead atoms. The van der Waals surface area contributed by atoms with Gasteiger partial charge < -0.3 is 24.4 Å². The van der Waals surface area contributed by atoms with Gasteiger partial charge in [-0.2, -0.15) is 0 Å². The number of carbonyl (C=O) groups is 1. The van der Waals surface area contributed by atoms with Crippen LogP contribution >= 0.6 is 0 Å². The summed E-state index contributed by atoms with van der Waals surface area (Å²) >= 11 is 0. The van der Waals surface area contributed by atoms with Gasteiger partial charge in [0.2, 0.25) is 6.29 Å². The number of esters is 1. The van der Waals surface area contributed by atoms with E-state index in [1.807, 2.05) is 0 Å². The van der Waals surface area contributed by atoms with Crippen LogP contribution in [0.4, 0.5) is 0 Å². The van der Waals surface area contributed by atoms with Gasteiger partial charge in [0.05, 0.1) is 6.10 Å². The Morgan fingerprint density at radius 2 is 2.19 bits per heavy atom. The van der Waals surface area contributed by atoms with E-state index in [-0.39, 0.29) is 12.8 Å². The van der Waals surface area contributed by atoms with Crippen LogP contribution in [0, 0.1) is 0 Å². The summed E-state index contributed by atoms with van der Waals surface area (Å²) in [6.07, 6.45) is -3.20. The minimum Gasteiger partial charge on any atom is -0.451 e. The average Bonchev–Trinajstić information content (AvgIpc) is 2.65. The van der Waals surface area contributed by atoms with Crippen LogP contribution in [0.2, 0.25) is 0 Å². The second kappa shape index (κ2) is 3.96. The van der Waals surface area contributed by atoms with E-state index < -0.39 is 36.2 Å². The largest absolute Gasteiger partial charge is 0.451 e. The first-order chi connectivity index (χ1) is 7.51. The Hall–Kier alpha value is -0.690. The van der Waals surface area contributed by atoms with Gasteiger partial charge in [-0.1, -0.05) is 0 Å². The first-order valence-corrected chi connectivity index (χ1v) is 5.27. The molecule has 92 valence electrons. The molecule has 2 aliphatic rings. The molecule has 2 aliphatic heterocycles. The monoisotopic (exact) mass is 232 g/mol. The first-order valence-electron chi connectivity index (χ1n) is 5.27. The lowest BCUT2D eigenvalue weighted by atomic mass is 9.84. The fourth-order valence-corrected chi connectivity index (χ4v) is 2.32. The van der Waals surface area contributed by atoms with Gasteiger partial charge in [0.1, 0.15) is 12.2 Å². The molecule has 2 rings (SSSR count). The van der Waals surface area contributed by atoms with Crippen LogP contribution < -0.4 is 0 Å². The van der Waals surface area contributed by atoms with Gasteiger partial charge in [0, 0.05) is 20.0 Å². The molecule has 16 heavy (non-hydrogen) atoms. The van der Waals surface area contributed by atoms with Gasteiger partial charge >= 0.3 is 5.97 Å². The molecule has 0 radical (unpaired) electrons. The highest BCUT2D eigenvalue weighted by atomic mass is 16.7. The number of methoxy groups -OCH3 is 1. The van der Waals surface area contributed by atoms with Crippen molar-refractivity contribution in [1.82, 2.24) is 0 Å². The smallest absolute Gasteiger partial charge is 0.306 e. The molecule has 3 unspecified atom stereocenters. The number of hydrogen-bond donors (Lipinski definition) is 2. The highest BCUT2D eigenvalue weighted by Crippen LogP contribution is 2.41. The van der Waals surface area contributed by atoms with Gasteiger partial charge in [0.15, 0.2) is 5.60 Å². The third kappa shape index (κ3) is 1.53. The zero-order valence-corrected chi connectivity index (χ0v) is 9.25. The minimum absolute atomic E-state index is 0.196. The maximum atomic E-state index is 11.2. The third-order valence-electron chi connectivity index (χ3n) is 3.28. The predicted molar refractivity (Wildman–Crippen MR) is 51.4 cm³/mol. The first kappa shape index (κ1) is 11.8. The summed E-state index contributed by atoms with van der Waals surface area (Å²) in [6, 6.07) is 0.